The monoisotopic (exact) mass is 633 g/mol. The summed E-state index contributed by atoms with van der Waals surface area (Å²) < 4.78 is 23.1. The quantitative estimate of drug-likeness (QED) is 0.268. The van der Waals surface area contributed by atoms with Crippen LogP contribution in [0.5, 0.6) is 5.75 Å². The Kier molecular flexibility index (Phi) is 9.21. The van der Waals surface area contributed by atoms with Crippen molar-refractivity contribution in [2.24, 2.45) is 14.1 Å². The second-order valence-electron chi connectivity index (χ2n) is 11.0. The van der Waals surface area contributed by atoms with Crippen molar-refractivity contribution in [2.45, 2.75) is 32.4 Å². The molecule has 5 rings (SSSR count). The summed E-state index contributed by atoms with van der Waals surface area (Å²) in [5, 5.41) is 9.27. The van der Waals surface area contributed by atoms with Gasteiger partial charge in [-0.15, -0.1) is 0 Å². The van der Waals surface area contributed by atoms with Crippen molar-refractivity contribution in [1.29, 1.82) is 0 Å². The standard InChI is InChI=1S/C33H33ClFN5O5/c1-18-21(7-6-10-27(18)38-31(42)25-17-39(2)33(44)40(3)32(25)43)23-9-5-8-22(30(23)34)19-13-26(35)24(28(14-19)45-4)16-36-20-11-12-29(41)37-15-20/h5-10,13-14,17,20,36H,11-12,15-16H2,1-4H3,(H,37,41)(H,38,42). The van der Waals surface area contributed by atoms with Crippen molar-refractivity contribution in [1.82, 2.24) is 19.8 Å². The van der Waals surface area contributed by atoms with E-state index in [2.05, 4.69) is 16.0 Å². The first kappa shape index (κ1) is 31.7. The summed E-state index contributed by atoms with van der Waals surface area (Å²) >= 11 is 6.96. The molecule has 1 atom stereocenters. The Balaban J connectivity index is 1.44. The molecule has 1 saturated heterocycles. The van der Waals surface area contributed by atoms with Crippen molar-refractivity contribution in [3.63, 3.8) is 0 Å². The largest absolute Gasteiger partial charge is 0.496 e. The molecule has 45 heavy (non-hydrogen) atoms. The van der Waals surface area contributed by atoms with E-state index in [1.165, 1.54) is 38.0 Å². The maximum Gasteiger partial charge on any atom is 0.330 e. The summed E-state index contributed by atoms with van der Waals surface area (Å²) in [5.41, 5.74) is 2.60. The molecule has 12 heteroatoms. The number of nitrogens with zero attached hydrogens (tertiary/aromatic N) is 2. The van der Waals surface area contributed by atoms with Crippen molar-refractivity contribution in [3.05, 3.63) is 103 Å². The number of rotatable bonds is 8. The number of carbonyl (C=O) groups excluding carboxylic acids is 2. The van der Waals surface area contributed by atoms with E-state index in [0.29, 0.717) is 63.7 Å². The van der Waals surface area contributed by atoms with Gasteiger partial charge in [0, 0.05) is 68.2 Å². The Labute approximate surface area is 263 Å². The van der Waals surface area contributed by atoms with Crippen LogP contribution in [0.3, 0.4) is 0 Å². The molecule has 234 valence electrons. The topological polar surface area (TPSA) is 123 Å². The molecule has 0 bridgehead atoms. The third-order valence-electron chi connectivity index (χ3n) is 8.08. The summed E-state index contributed by atoms with van der Waals surface area (Å²) in [4.78, 5) is 49.2. The number of aromatic nitrogens is 2. The van der Waals surface area contributed by atoms with Crippen LogP contribution >= 0.6 is 11.6 Å². The van der Waals surface area contributed by atoms with Crippen LogP contribution in [0, 0.1) is 12.7 Å². The van der Waals surface area contributed by atoms with Crippen LogP contribution < -0.4 is 31.9 Å². The van der Waals surface area contributed by atoms with E-state index in [1.54, 1.807) is 24.3 Å². The Hall–Kier alpha value is -4.74. The lowest BCUT2D eigenvalue weighted by molar-refractivity contribution is -0.122. The molecule has 0 spiro atoms. The maximum atomic E-state index is 15.5. The number of piperidine rings is 1. The molecule has 3 aromatic carbocycles. The van der Waals surface area contributed by atoms with Gasteiger partial charge in [-0.1, -0.05) is 41.9 Å². The predicted octanol–water partition coefficient (Wildman–Crippen LogP) is 4.15. The third kappa shape index (κ3) is 6.40. The minimum Gasteiger partial charge on any atom is -0.496 e. The molecule has 2 heterocycles. The number of anilines is 1. The first-order valence-corrected chi connectivity index (χ1v) is 14.7. The average Bonchev–Trinajstić information content (AvgIpc) is 3.03. The number of methoxy groups -OCH3 is 1. The van der Waals surface area contributed by atoms with Gasteiger partial charge in [-0.25, -0.2) is 9.18 Å². The van der Waals surface area contributed by atoms with Crippen LogP contribution in [0.1, 0.15) is 34.3 Å². The van der Waals surface area contributed by atoms with Gasteiger partial charge < -0.3 is 25.3 Å². The molecule has 0 aliphatic carbocycles. The smallest absolute Gasteiger partial charge is 0.330 e. The zero-order valence-corrected chi connectivity index (χ0v) is 26.0. The lowest BCUT2D eigenvalue weighted by atomic mass is 9.94. The van der Waals surface area contributed by atoms with Crippen molar-refractivity contribution < 1.29 is 18.7 Å². The Morgan fingerprint density at radius 3 is 2.51 bits per heavy atom. The molecule has 1 aliphatic heterocycles. The number of hydrogen-bond donors (Lipinski definition) is 3. The van der Waals surface area contributed by atoms with E-state index >= 15 is 4.39 Å². The van der Waals surface area contributed by atoms with E-state index in [0.717, 1.165) is 10.1 Å². The van der Waals surface area contributed by atoms with E-state index in [9.17, 15) is 19.2 Å². The molecule has 2 amide bonds. The van der Waals surface area contributed by atoms with Gasteiger partial charge in [0.15, 0.2) is 0 Å². The predicted molar refractivity (Wildman–Crippen MR) is 171 cm³/mol. The molecular formula is C33H33ClFN5O5. The van der Waals surface area contributed by atoms with Gasteiger partial charge in [0.1, 0.15) is 17.1 Å². The fourth-order valence-electron chi connectivity index (χ4n) is 5.45. The molecule has 3 N–H and O–H groups in total. The normalized spacial score (nSPS) is 14.6. The minimum atomic E-state index is -0.702. The summed E-state index contributed by atoms with van der Waals surface area (Å²) in [5.74, 6) is -0.732. The average molecular weight is 634 g/mol. The van der Waals surface area contributed by atoms with Crippen LogP contribution in [-0.4, -0.2) is 40.6 Å². The van der Waals surface area contributed by atoms with E-state index in [1.807, 2.05) is 25.1 Å². The van der Waals surface area contributed by atoms with Crippen molar-refractivity contribution >= 4 is 29.1 Å². The molecule has 4 aromatic rings. The summed E-state index contributed by atoms with van der Waals surface area (Å²) in [6.07, 6.45) is 2.31. The third-order valence-corrected chi connectivity index (χ3v) is 8.49. The number of amides is 2. The minimum absolute atomic E-state index is 0.0142. The molecule has 1 aliphatic rings. The molecule has 1 unspecified atom stereocenters. The molecule has 0 radical (unpaired) electrons. The number of hydrogen-bond acceptors (Lipinski definition) is 6. The summed E-state index contributed by atoms with van der Waals surface area (Å²) in [6, 6.07) is 13.9. The van der Waals surface area contributed by atoms with Crippen LogP contribution in [-0.2, 0) is 25.4 Å². The fourth-order valence-corrected chi connectivity index (χ4v) is 5.79. The first-order valence-electron chi connectivity index (χ1n) is 14.3. The number of nitrogens with one attached hydrogen (secondary N) is 3. The number of carbonyl (C=O) groups is 2. The van der Waals surface area contributed by atoms with Crippen molar-refractivity contribution in [3.8, 4) is 28.0 Å². The van der Waals surface area contributed by atoms with Gasteiger partial charge >= 0.3 is 5.69 Å². The molecule has 0 saturated carbocycles. The van der Waals surface area contributed by atoms with Crippen LogP contribution in [0.4, 0.5) is 10.1 Å². The highest BCUT2D eigenvalue weighted by Crippen LogP contribution is 2.40. The Bertz CT molecular complexity index is 1930. The zero-order chi connectivity index (χ0) is 32.4. The second kappa shape index (κ2) is 13.1. The zero-order valence-electron chi connectivity index (χ0n) is 25.3. The summed E-state index contributed by atoms with van der Waals surface area (Å²) in [7, 11) is 4.26. The van der Waals surface area contributed by atoms with Gasteiger partial charge in [-0.3, -0.25) is 19.0 Å². The molecular weight excluding hydrogens is 601 g/mol. The lowest BCUT2D eigenvalue weighted by Crippen LogP contribution is -2.45. The fraction of sp³-hybridized carbons (Fsp3) is 0.273. The number of aryl methyl sites for hydroxylation is 1. The summed E-state index contributed by atoms with van der Waals surface area (Å²) in [6.45, 7) is 2.53. The Morgan fingerprint density at radius 1 is 1.09 bits per heavy atom. The SMILES string of the molecule is COc1cc(-c2cccc(-c3cccc(NC(=O)c4cn(C)c(=O)n(C)c4=O)c3C)c2Cl)cc(F)c1CNC1CCC(=O)NC1. The number of ether oxygens (including phenoxy) is 1. The molecule has 10 nitrogen and oxygen atoms in total. The lowest BCUT2D eigenvalue weighted by Gasteiger charge is -2.24. The van der Waals surface area contributed by atoms with Gasteiger partial charge in [0.2, 0.25) is 5.91 Å². The van der Waals surface area contributed by atoms with Crippen molar-refractivity contribution in [2.75, 3.05) is 19.0 Å². The van der Waals surface area contributed by atoms with E-state index in [-0.39, 0.29) is 24.1 Å². The van der Waals surface area contributed by atoms with Crippen LogP contribution in [0.2, 0.25) is 5.02 Å². The van der Waals surface area contributed by atoms with Gasteiger partial charge in [0.25, 0.3) is 11.5 Å². The first-order chi connectivity index (χ1) is 21.5. The number of halogens is 2. The molecule has 1 fully saturated rings. The highest BCUT2D eigenvalue weighted by Gasteiger charge is 2.22. The highest BCUT2D eigenvalue weighted by molar-refractivity contribution is 6.36. The van der Waals surface area contributed by atoms with Crippen LogP contribution in [0.25, 0.3) is 22.3 Å². The maximum absolute atomic E-state index is 15.5. The second-order valence-corrected chi connectivity index (χ2v) is 11.3. The van der Waals surface area contributed by atoms with E-state index in [4.69, 9.17) is 16.3 Å². The van der Waals surface area contributed by atoms with E-state index < -0.39 is 23.0 Å². The number of benzene rings is 3. The highest BCUT2D eigenvalue weighted by atomic mass is 35.5. The van der Waals surface area contributed by atoms with Crippen LogP contribution in [0.15, 0.2) is 64.3 Å². The van der Waals surface area contributed by atoms with Gasteiger partial charge in [0.05, 0.1) is 12.1 Å². The van der Waals surface area contributed by atoms with Gasteiger partial charge in [-0.05, 0) is 48.2 Å². The van der Waals surface area contributed by atoms with Gasteiger partial charge in [-0.2, -0.15) is 0 Å². The Morgan fingerprint density at radius 2 is 1.80 bits per heavy atom. The molecule has 1 aromatic heterocycles.